The Balaban J connectivity index is 1.57. The van der Waals surface area contributed by atoms with Crippen LogP contribution in [0.2, 0.25) is 10.0 Å². The van der Waals surface area contributed by atoms with Gasteiger partial charge in [-0.1, -0.05) is 29.3 Å². The van der Waals surface area contributed by atoms with E-state index in [1.165, 1.54) is 0 Å². The van der Waals surface area contributed by atoms with Crippen molar-refractivity contribution >= 4 is 34.5 Å². The molecule has 0 amide bonds. The quantitative estimate of drug-likeness (QED) is 0.706. The summed E-state index contributed by atoms with van der Waals surface area (Å²) in [6, 6.07) is 9.68. The van der Waals surface area contributed by atoms with E-state index >= 15 is 0 Å². The average Bonchev–Trinajstić information content (AvgIpc) is 3.13. The first-order chi connectivity index (χ1) is 10.2. The third-order valence-electron chi connectivity index (χ3n) is 3.01. The van der Waals surface area contributed by atoms with Gasteiger partial charge in [0.15, 0.2) is 0 Å². The van der Waals surface area contributed by atoms with Gasteiger partial charge in [0.25, 0.3) is 0 Å². The summed E-state index contributed by atoms with van der Waals surface area (Å²) in [6.07, 6.45) is 3.81. The number of nitrogens with zero attached hydrogens (tertiary/aromatic N) is 1. The fraction of sp³-hybridized carbons (Fsp3) is 0.133. The average molecular weight is 338 g/mol. The first-order valence-electron chi connectivity index (χ1n) is 6.45. The third kappa shape index (κ3) is 3.66. The molecule has 1 aromatic carbocycles. The molecule has 21 heavy (non-hydrogen) atoms. The zero-order valence-corrected chi connectivity index (χ0v) is 13.4. The molecule has 3 aromatic rings. The van der Waals surface area contributed by atoms with Crippen molar-refractivity contribution in [3.8, 4) is 10.6 Å². The Morgan fingerprint density at radius 3 is 2.81 bits per heavy atom. The minimum atomic E-state index is 0.580. The first-order valence-corrected chi connectivity index (χ1v) is 8.03. The number of hydrogen-bond acceptors (Lipinski definition) is 3. The lowest BCUT2D eigenvalue weighted by molar-refractivity contribution is 0.690. The van der Waals surface area contributed by atoms with Crippen LogP contribution in [0.1, 0.15) is 10.6 Å². The highest BCUT2D eigenvalue weighted by molar-refractivity contribution is 7.15. The van der Waals surface area contributed by atoms with Gasteiger partial charge in [0.05, 0.1) is 20.6 Å². The summed E-state index contributed by atoms with van der Waals surface area (Å²) in [7, 11) is 0. The Labute approximate surface area is 137 Å². The predicted octanol–water partition coefficient (Wildman–Crippen LogP) is 4.73. The Morgan fingerprint density at radius 1 is 1.14 bits per heavy atom. The molecular weight excluding hydrogens is 325 g/mol. The summed E-state index contributed by atoms with van der Waals surface area (Å²) in [4.78, 5) is 8.75. The topological polar surface area (TPSA) is 40.7 Å². The maximum Gasteiger partial charge on any atom is 0.107 e. The molecule has 0 aliphatic rings. The van der Waals surface area contributed by atoms with Gasteiger partial charge in [-0.05, 0) is 29.8 Å². The summed E-state index contributed by atoms with van der Waals surface area (Å²) in [5, 5.41) is 5.58. The first kappa shape index (κ1) is 14.6. The number of H-pyrrole nitrogens is 1. The summed E-state index contributed by atoms with van der Waals surface area (Å²) in [5.74, 6) is 0. The van der Waals surface area contributed by atoms with E-state index in [1.807, 2.05) is 42.7 Å². The lowest BCUT2D eigenvalue weighted by Gasteiger charge is -2.04. The van der Waals surface area contributed by atoms with E-state index in [9.17, 15) is 0 Å². The Bertz CT molecular complexity index is 722. The zero-order chi connectivity index (χ0) is 14.7. The Hall–Kier alpha value is -1.33. The molecule has 0 saturated heterocycles. The van der Waals surface area contributed by atoms with Crippen LogP contribution in [-0.2, 0) is 13.1 Å². The van der Waals surface area contributed by atoms with Gasteiger partial charge in [0, 0.05) is 25.5 Å². The molecule has 0 unspecified atom stereocenters. The number of halogens is 2. The number of thiazole rings is 1. The molecule has 0 atom stereocenters. The van der Waals surface area contributed by atoms with Crippen LogP contribution in [0, 0.1) is 0 Å². The highest BCUT2D eigenvalue weighted by Crippen LogP contribution is 2.25. The maximum atomic E-state index is 6.00. The maximum absolute atomic E-state index is 6.00. The normalized spacial score (nSPS) is 11.0. The van der Waals surface area contributed by atoms with Crippen LogP contribution in [0.25, 0.3) is 10.6 Å². The monoisotopic (exact) mass is 337 g/mol. The van der Waals surface area contributed by atoms with Gasteiger partial charge in [0.1, 0.15) is 5.01 Å². The van der Waals surface area contributed by atoms with Crippen LogP contribution in [-0.4, -0.2) is 9.97 Å². The molecule has 0 aliphatic heterocycles. The standard InChI is InChI=1S/C15H13Cl2N3S/c16-11-4-3-10(6-12(11)17)7-18-9-15-20-8-14(21-15)13-2-1-5-19-13/h1-6,8,18-19H,7,9H2. The number of aromatic amines is 1. The summed E-state index contributed by atoms with van der Waals surface area (Å²) in [6.45, 7) is 1.46. The van der Waals surface area contributed by atoms with E-state index < -0.39 is 0 Å². The molecule has 2 N–H and O–H groups in total. The molecule has 0 spiro atoms. The smallest absolute Gasteiger partial charge is 0.107 e. The second kappa shape index (κ2) is 6.62. The van der Waals surface area contributed by atoms with E-state index in [-0.39, 0.29) is 0 Å². The number of benzene rings is 1. The molecule has 0 saturated carbocycles. The molecule has 2 heterocycles. The van der Waals surface area contributed by atoms with Crippen molar-refractivity contribution in [3.05, 3.63) is 63.3 Å². The molecule has 2 aromatic heterocycles. The lowest BCUT2D eigenvalue weighted by atomic mass is 10.2. The molecule has 0 aliphatic carbocycles. The molecule has 3 nitrogen and oxygen atoms in total. The van der Waals surface area contributed by atoms with Gasteiger partial charge < -0.3 is 10.3 Å². The Morgan fingerprint density at radius 2 is 2.05 bits per heavy atom. The van der Waals surface area contributed by atoms with Crippen molar-refractivity contribution in [1.29, 1.82) is 0 Å². The van der Waals surface area contributed by atoms with Crippen LogP contribution in [0.4, 0.5) is 0 Å². The minimum absolute atomic E-state index is 0.580. The molecule has 0 radical (unpaired) electrons. The Kier molecular flexibility index (Phi) is 4.60. The van der Waals surface area contributed by atoms with E-state index in [4.69, 9.17) is 23.2 Å². The minimum Gasteiger partial charge on any atom is -0.360 e. The van der Waals surface area contributed by atoms with Crippen molar-refractivity contribution < 1.29 is 0 Å². The van der Waals surface area contributed by atoms with Gasteiger partial charge in [0.2, 0.25) is 0 Å². The lowest BCUT2D eigenvalue weighted by Crippen LogP contribution is -2.12. The summed E-state index contributed by atoms with van der Waals surface area (Å²) >= 11 is 13.6. The van der Waals surface area contributed by atoms with E-state index in [2.05, 4.69) is 15.3 Å². The number of rotatable bonds is 5. The second-order valence-electron chi connectivity index (χ2n) is 4.55. The van der Waals surface area contributed by atoms with Gasteiger partial charge >= 0.3 is 0 Å². The van der Waals surface area contributed by atoms with Crippen molar-refractivity contribution in [2.24, 2.45) is 0 Å². The van der Waals surface area contributed by atoms with Crippen molar-refractivity contribution in [2.45, 2.75) is 13.1 Å². The summed E-state index contributed by atoms with van der Waals surface area (Å²) in [5.41, 5.74) is 2.20. The second-order valence-corrected chi connectivity index (χ2v) is 6.48. The summed E-state index contributed by atoms with van der Waals surface area (Å²) < 4.78 is 0. The fourth-order valence-electron chi connectivity index (χ4n) is 1.96. The van der Waals surface area contributed by atoms with Gasteiger partial charge in [-0.3, -0.25) is 0 Å². The van der Waals surface area contributed by atoms with Crippen LogP contribution in [0.5, 0.6) is 0 Å². The van der Waals surface area contributed by atoms with Crippen LogP contribution in [0.3, 0.4) is 0 Å². The largest absolute Gasteiger partial charge is 0.360 e. The van der Waals surface area contributed by atoms with Crippen molar-refractivity contribution in [2.75, 3.05) is 0 Å². The zero-order valence-electron chi connectivity index (χ0n) is 11.1. The number of hydrogen-bond donors (Lipinski definition) is 2. The van der Waals surface area contributed by atoms with Gasteiger partial charge in [-0.25, -0.2) is 4.98 Å². The fourth-order valence-corrected chi connectivity index (χ4v) is 3.16. The SMILES string of the molecule is Clc1ccc(CNCc2ncc(-c3ccc[nH]3)s2)cc1Cl. The predicted molar refractivity (Wildman–Crippen MR) is 88.9 cm³/mol. The van der Waals surface area contributed by atoms with Gasteiger partial charge in [-0.2, -0.15) is 0 Å². The molecule has 6 heteroatoms. The molecule has 0 bridgehead atoms. The van der Waals surface area contributed by atoms with E-state index in [0.717, 1.165) is 34.2 Å². The van der Waals surface area contributed by atoms with Crippen LogP contribution < -0.4 is 5.32 Å². The highest BCUT2D eigenvalue weighted by Gasteiger charge is 2.05. The highest BCUT2D eigenvalue weighted by atomic mass is 35.5. The van der Waals surface area contributed by atoms with E-state index in [1.54, 1.807) is 11.3 Å². The van der Waals surface area contributed by atoms with Crippen molar-refractivity contribution in [3.63, 3.8) is 0 Å². The molecule has 3 rings (SSSR count). The van der Waals surface area contributed by atoms with E-state index in [0.29, 0.717) is 10.0 Å². The third-order valence-corrected chi connectivity index (χ3v) is 4.78. The van der Waals surface area contributed by atoms with Gasteiger partial charge in [-0.15, -0.1) is 11.3 Å². The molecule has 108 valence electrons. The number of aromatic nitrogens is 2. The van der Waals surface area contributed by atoms with Crippen molar-refractivity contribution in [1.82, 2.24) is 15.3 Å². The van der Waals surface area contributed by atoms with Crippen LogP contribution >= 0.6 is 34.5 Å². The molecular formula is C15H13Cl2N3S. The molecule has 0 fully saturated rings. The number of nitrogens with one attached hydrogen (secondary N) is 2. The van der Waals surface area contributed by atoms with Crippen LogP contribution in [0.15, 0.2) is 42.7 Å².